The summed E-state index contributed by atoms with van der Waals surface area (Å²) >= 11 is 0. The Kier molecular flexibility index (Phi) is 5.35. The third-order valence-corrected chi connectivity index (χ3v) is 8.03. The third kappa shape index (κ3) is 3.27. The van der Waals surface area contributed by atoms with Crippen LogP contribution in [-0.2, 0) is 5.41 Å². The van der Waals surface area contributed by atoms with Crippen LogP contribution in [0.3, 0.4) is 0 Å². The maximum absolute atomic E-state index is 14.4. The van der Waals surface area contributed by atoms with Crippen LogP contribution in [0.15, 0.2) is 89.0 Å². The summed E-state index contributed by atoms with van der Waals surface area (Å²) in [6, 6.07) is 27.7. The Hall–Kier alpha value is -6.00. The summed E-state index contributed by atoms with van der Waals surface area (Å²) in [4.78, 5) is 0. The number of fused-ring (bicyclic) bond motifs is 5. The van der Waals surface area contributed by atoms with Crippen LogP contribution in [0.5, 0.6) is 0 Å². The molecule has 0 heterocycles. The van der Waals surface area contributed by atoms with Crippen LogP contribution in [0.2, 0.25) is 0 Å². The standard InChI is InChI=1S/C34H16FN5/c1-34-13-29-26(12-31(34)33(23(17-39)18-40)28-11-24(35)7-9-30(28)34)25-8-6-21(20-4-2-19(14-36)3-5-20)10-27(25)32(29)22(15-37)16-38/h2-12H,13H2,1H3. The molecule has 0 fully saturated rings. The molecule has 6 heteroatoms. The normalized spacial score (nSPS) is 17.6. The highest BCUT2D eigenvalue weighted by atomic mass is 19.1. The van der Waals surface area contributed by atoms with Crippen molar-refractivity contribution in [3.05, 3.63) is 123 Å². The topological polar surface area (TPSA) is 119 Å². The van der Waals surface area contributed by atoms with Crippen molar-refractivity contribution >= 4 is 16.7 Å². The molecule has 3 aromatic rings. The van der Waals surface area contributed by atoms with Crippen LogP contribution in [0.1, 0.15) is 41.2 Å². The maximum atomic E-state index is 14.4. The van der Waals surface area contributed by atoms with Crippen molar-refractivity contribution in [3.8, 4) is 41.5 Å². The zero-order valence-electron chi connectivity index (χ0n) is 21.2. The summed E-state index contributed by atoms with van der Waals surface area (Å²) in [6.07, 6.45) is 2.32. The molecule has 0 bridgehead atoms. The minimum Gasteiger partial charge on any atom is -0.207 e. The molecule has 0 saturated carbocycles. The van der Waals surface area contributed by atoms with E-state index < -0.39 is 11.2 Å². The van der Waals surface area contributed by atoms with Gasteiger partial charge in [0.1, 0.15) is 41.2 Å². The predicted octanol–water partition coefficient (Wildman–Crippen LogP) is 7.03. The first-order chi connectivity index (χ1) is 19.4. The molecule has 0 radical (unpaired) electrons. The van der Waals surface area contributed by atoms with E-state index >= 15 is 0 Å². The molecule has 0 N–H and O–H groups in total. The molecule has 0 aromatic heterocycles. The molecule has 6 rings (SSSR count). The summed E-state index contributed by atoms with van der Waals surface area (Å²) in [7, 11) is 0. The molecule has 3 aliphatic carbocycles. The first-order valence-electron chi connectivity index (χ1n) is 12.4. The SMILES string of the molecule is CC12CC3=C(C=C1C(=C(C#N)C#N)c1cc(F)ccc12)c1ccc(-c2ccc(C#N)cc2)cc1C3=C(C#N)C#N. The Morgan fingerprint density at radius 3 is 2.02 bits per heavy atom. The van der Waals surface area contributed by atoms with E-state index in [4.69, 9.17) is 5.26 Å². The van der Waals surface area contributed by atoms with Crippen molar-refractivity contribution in [1.29, 1.82) is 26.3 Å². The lowest BCUT2D eigenvalue weighted by Gasteiger charge is -2.33. The highest BCUT2D eigenvalue weighted by Gasteiger charge is 2.48. The van der Waals surface area contributed by atoms with Gasteiger partial charge in [-0.05, 0) is 92.9 Å². The number of hydrogen-bond donors (Lipinski definition) is 0. The van der Waals surface area contributed by atoms with Crippen molar-refractivity contribution in [2.45, 2.75) is 18.8 Å². The van der Waals surface area contributed by atoms with E-state index in [2.05, 4.69) is 18.2 Å². The third-order valence-electron chi connectivity index (χ3n) is 8.03. The van der Waals surface area contributed by atoms with Gasteiger partial charge in [-0.25, -0.2) is 4.39 Å². The van der Waals surface area contributed by atoms with E-state index in [0.717, 1.165) is 44.5 Å². The number of benzene rings is 3. The van der Waals surface area contributed by atoms with Gasteiger partial charge in [-0.3, -0.25) is 0 Å². The molecule has 0 spiro atoms. The largest absolute Gasteiger partial charge is 0.207 e. The fourth-order valence-electron chi connectivity index (χ4n) is 6.23. The molecular weight excluding hydrogens is 497 g/mol. The Bertz CT molecular complexity index is 2010. The van der Waals surface area contributed by atoms with Gasteiger partial charge in [0.2, 0.25) is 0 Å². The number of nitrogens with zero attached hydrogens (tertiary/aromatic N) is 5. The Morgan fingerprint density at radius 2 is 1.38 bits per heavy atom. The molecule has 5 nitrogen and oxygen atoms in total. The van der Waals surface area contributed by atoms with Gasteiger partial charge in [0.25, 0.3) is 0 Å². The second-order valence-corrected chi connectivity index (χ2v) is 10.0. The summed E-state index contributed by atoms with van der Waals surface area (Å²) in [6.45, 7) is 1.99. The van der Waals surface area contributed by atoms with Crippen molar-refractivity contribution < 1.29 is 4.39 Å². The first kappa shape index (κ1) is 24.3. The van der Waals surface area contributed by atoms with Crippen LogP contribution in [0.4, 0.5) is 4.39 Å². The van der Waals surface area contributed by atoms with Crippen LogP contribution in [0, 0.1) is 62.5 Å². The number of hydrogen-bond acceptors (Lipinski definition) is 5. The molecule has 40 heavy (non-hydrogen) atoms. The number of allylic oxidation sites excluding steroid dienone is 8. The predicted molar refractivity (Wildman–Crippen MR) is 146 cm³/mol. The molecule has 0 saturated heterocycles. The maximum Gasteiger partial charge on any atom is 0.137 e. The van der Waals surface area contributed by atoms with E-state index in [1.165, 1.54) is 12.1 Å². The van der Waals surface area contributed by atoms with E-state index in [0.29, 0.717) is 28.7 Å². The van der Waals surface area contributed by atoms with Crippen molar-refractivity contribution in [1.82, 2.24) is 0 Å². The summed E-state index contributed by atoms with van der Waals surface area (Å²) in [5.41, 5.74) is 7.71. The van der Waals surface area contributed by atoms with Gasteiger partial charge in [-0.2, -0.15) is 26.3 Å². The minimum absolute atomic E-state index is 0.00786. The zero-order chi connectivity index (χ0) is 28.2. The van der Waals surface area contributed by atoms with Gasteiger partial charge < -0.3 is 0 Å². The Labute approximate surface area is 230 Å². The molecule has 0 aliphatic heterocycles. The van der Waals surface area contributed by atoms with Crippen LogP contribution >= 0.6 is 0 Å². The Balaban J connectivity index is 1.62. The van der Waals surface area contributed by atoms with Gasteiger partial charge in [-0.1, -0.05) is 37.3 Å². The van der Waals surface area contributed by atoms with E-state index in [9.17, 15) is 25.4 Å². The smallest absolute Gasteiger partial charge is 0.137 e. The highest BCUT2D eigenvalue weighted by molar-refractivity contribution is 6.10. The average molecular weight is 514 g/mol. The number of halogens is 1. The summed E-state index contributed by atoms with van der Waals surface area (Å²) < 4.78 is 14.4. The summed E-state index contributed by atoms with van der Waals surface area (Å²) in [5, 5.41) is 48.6. The lowest BCUT2D eigenvalue weighted by molar-refractivity contribution is 0.579. The van der Waals surface area contributed by atoms with Crippen molar-refractivity contribution in [3.63, 3.8) is 0 Å². The molecule has 1 atom stereocenters. The fraction of sp³-hybridized carbons (Fsp3) is 0.0882. The van der Waals surface area contributed by atoms with E-state index in [-0.39, 0.29) is 11.1 Å². The van der Waals surface area contributed by atoms with Gasteiger partial charge in [-0.15, -0.1) is 0 Å². The second kappa shape index (κ2) is 8.79. The van der Waals surface area contributed by atoms with E-state index in [1.807, 2.05) is 55.5 Å². The molecule has 184 valence electrons. The molecular formula is C34H16FN5. The van der Waals surface area contributed by atoms with Crippen LogP contribution in [0.25, 0.3) is 27.8 Å². The molecule has 3 aromatic carbocycles. The quantitative estimate of drug-likeness (QED) is 0.323. The average Bonchev–Trinajstić information content (AvgIpc) is 3.41. The van der Waals surface area contributed by atoms with Crippen molar-refractivity contribution in [2.24, 2.45) is 0 Å². The minimum atomic E-state index is -0.713. The first-order valence-corrected chi connectivity index (χ1v) is 12.4. The lowest BCUT2D eigenvalue weighted by Crippen LogP contribution is -2.24. The fourth-order valence-corrected chi connectivity index (χ4v) is 6.23. The monoisotopic (exact) mass is 513 g/mol. The van der Waals surface area contributed by atoms with Crippen LogP contribution in [-0.4, -0.2) is 0 Å². The Morgan fingerprint density at radius 1 is 0.725 bits per heavy atom. The second-order valence-electron chi connectivity index (χ2n) is 10.0. The molecule has 3 aliphatic rings. The van der Waals surface area contributed by atoms with Gasteiger partial charge in [0, 0.05) is 16.6 Å². The van der Waals surface area contributed by atoms with Gasteiger partial charge >= 0.3 is 0 Å². The highest BCUT2D eigenvalue weighted by Crippen LogP contribution is 2.61. The number of rotatable bonds is 1. The van der Waals surface area contributed by atoms with E-state index in [1.54, 1.807) is 18.2 Å². The van der Waals surface area contributed by atoms with Gasteiger partial charge in [0.05, 0.1) is 11.6 Å². The molecule has 1 unspecified atom stereocenters. The van der Waals surface area contributed by atoms with Crippen molar-refractivity contribution in [2.75, 3.05) is 0 Å². The lowest BCUT2D eigenvalue weighted by atomic mass is 9.69. The zero-order valence-corrected chi connectivity index (χ0v) is 21.2. The number of nitriles is 5. The molecule has 0 amide bonds. The van der Waals surface area contributed by atoms with Gasteiger partial charge in [0.15, 0.2) is 0 Å². The van der Waals surface area contributed by atoms with Crippen LogP contribution < -0.4 is 0 Å². The summed E-state index contributed by atoms with van der Waals surface area (Å²) in [5.74, 6) is -0.465.